The number of carbonyl (C=O) groups excluding carboxylic acids is 2. The van der Waals surface area contributed by atoms with Gasteiger partial charge in [-0.05, 0) is 19.1 Å². The van der Waals surface area contributed by atoms with Crippen LogP contribution >= 0.6 is 0 Å². The summed E-state index contributed by atoms with van der Waals surface area (Å²) in [7, 11) is 1.33. The van der Waals surface area contributed by atoms with E-state index in [0.717, 1.165) is 0 Å². The molecule has 1 amide bonds. The summed E-state index contributed by atoms with van der Waals surface area (Å²) in [6, 6.07) is 9.14. The zero-order chi connectivity index (χ0) is 14.1. The molecular weight excluding hydrogens is 246 g/mol. The van der Waals surface area contributed by atoms with Gasteiger partial charge in [0.25, 0.3) is 5.91 Å². The second kappa shape index (κ2) is 8.13. The van der Waals surface area contributed by atoms with E-state index in [-0.39, 0.29) is 24.9 Å². The van der Waals surface area contributed by atoms with Crippen molar-refractivity contribution >= 4 is 11.9 Å². The van der Waals surface area contributed by atoms with Crippen LogP contribution in [0.4, 0.5) is 0 Å². The van der Waals surface area contributed by atoms with Crippen molar-refractivity contribution in [1.82, 2.24) is 4.90 Å². The zero-order valence-corrected chi connectivity index (χ0v) is 11.3. The average molecular weight is 265 g/mol. The number of benzene rings is 1. The van der Waals surface area contributed by atoms with Gasteiger partial charge in [0.05, 0.1) is 13.5 Å². The average Bonchev–Trinajstić information content (AvgIpc) is 2.46. The van der Waals surface area contributed by atoms with Crippen LogP contribution < -0.4 is 4.74 Å². The fourth-order valence-electron chi connectivity index (χ4n) is 1.54. The Morgan fingerprint density at radius 2 is 1.89 bits per heavy atom. The van der Waals surface area contributed by atoms with Gasteiger partial charge in [-0.15, -0.1) is 0 Å². The maximum Gasteiger partial charge on any atom is 0.307 e. The highest BCUT2D eigenvalue weighted by Crippen LogP contribution is 2.08. The molecule has 1 aromatic rings. The molecule has 0 radical (unpaired) electrons. The summed E-state index contributed by atoms with van der Waals surface area (Å²) in [6.07, 6.45) is 0.196. The summed E-state index contributed by atoms with van der Waals surface area (Å²) < 4.78 is 9.92. The Kier molecular flexibility index (Phi) is 6.43. The van der Waals surface area contributed by atoms with E-state index >= 15 is 0 Å². The van der Waals surface area contributed by atoms with Crippen LogP contribution in [-0.4, -0.2) is 43.6 Å². The predicted octanol–water partition coefficient (Wildman–Crippen LogP) is 1.48. The molecule has 1 aromatic carbocycles. The van der Waals surface area contributed by atoms with E-state index in [1.165, 1.54) is 7.11 Å². The second-order valence-corrected chi connectivity index (χ2v) is 3.90. The summed E-state index contributed by atoms with van der Waals surface area (Å²) in [5.41, 5.74) is 0. The van der Waals surface area contributed by atoms with Crippen molar-refractivity contribution in [2.45, 2.75) is 13.3 Å². The van der Waals surface area contributed by atoms with Gasteiger partial charge < -0.3 is 14.4 Å². The lowest BCUT2D eigenvalue weighted by Gasteiger charge is -2.20. The minimum atomic E-state index is -0.324. The first-order valence-electron chi connectivity index (χ1n) is 6.19. The van der Waals surface area contributed by atoms with Gasteiger partial charge in [0.2, 0.25) is 0 Å². The molecule has 19 heavy (non-hydrogen) atoms. The van der Waals surface area contributed by atoms with Crippen LogP contribution in [0.5, 0.6) is 5.75 Å². The molecule has 0 aromatic heterocycles. The van der Waals surface area contributed by atoms with Crippen molar-refractivity contribution in [3.05, 3.63) is 30.3 Å². The van der Waals surface area contributed by atoms with Gasteiger partial charge >= 0.3 is 5.97 Å². The van der Waals surface area contributed by atoms with E-state index < -0.39 is 0 Å². The fraction of sp³-hybridized carbons (Fsp3) is 0.429. The molecule has 0 saturated carbocycles. The molecule has 0 heterocycles. The fourth-order valence-corrected chi connectivity index (χ4v) is 1.54. The highest BCUT2D eigenvalue weighted by Gasteiger charge is 2.14. The molecule has 5 nitrogen and oxygen atoms in total. The van der Waals surface area contributed by atoms with Crippen LogP contribution in [-0.2, 0) is 14.3 Å². The number of carbonyl (C=O) groups is 2. The lowest BCUT2D eigenvalue weighted by molar-refractivity contribution is -0.142. The number of para-hydroxylation sites is 1. The van der Waals surface area contributed by atoms with Gasteiger partial charge in [0.1, 0.15) is 5.75 Å². The number of likely N-dealkylation sites (N-methyl/N-ethyl adjacent to an activating group) is 1. The molecule has 0 saturated heterocycles. The molecule has 0 N–H and O–H groups in total. The summed E-state index contributed by atoms with van der Waals surface area (Å²) >= 11 is 0. The molecule has 1 rings (SSSR count). The van der Waals surface area contributed by atoms with Crippen LogP contribution in [0, 0.1) is 0 Å². The van der Waals surface area contributed by atoms with Crippen molar-refractivity contribution in [3.8, 4) is 5.75 Å². The lowest BCUT2D eigenvalue weighted by Crippen LogP contribution is -2.36. The Hall–Kier alpha value is -2.04. The molecule has 0 fully saturated rings. The van der Waals surface area contributed by atoms with E-state index in [1.54, 1.807) is 17.0 Å². The second-order valence-electron chi connectivity index (χ2n) is 3.90. The molecule has 0 aliphatic rings. The Morgan fingerprint density at radius 1 is 1.21 bits per heavy atom. The monoisotopic (exact) mass is 265 g/mol. The zero-order valence-electron chi connectivity index (χ0n) is 11.3. The van der Waals surface area contributed by atoms with Crippen LogP contribution in [0.3, 0.4) is 0 Å². The minimum Gasteiger partial charge on any atom is -0.484 e. The normalized spacial score (nSPS) is 9.79. The Morgan fingerprint density at radius 3 is 2.47 bits per heavy atom. The number of esters is 1. The molecule has 5 heteroatoms. The molecular formula is C14H19NO4. The third kappa shape index (κ3) is 5.42. The first-order valence-corrected chi connectivity index (χ1v) is 6.19. The highest BCUT2D eigenvalue weighted by molar-refractivity contribution is 5.78. The Balaban J connectivity index is 2.39. The Labute approximate surface area is 113 Å². The van der Waals surface area contributed by atoms with Crippen molar-refractivity contribution in [2.75, 3.05) is 26.8 Å². The van der Waals surface area contributed by atoms with Crippen molar-refractivity contribution in [3.63, 3.8) is 0 Å². The van der Waals surface area contributed by atoms with E-state index in [0.29, 0.717) is 18.8 Å². The minimum absolute atomic E-state index is 0.0287. The summed E-state index contributed by atoms with van der Waals surface area (Å²) in [4.78, 5) is 24.5. The molecule has 0 aliphatic carbocycles. The lowest BCUT2D eigenvalue weighted by atomic mass is 10.3. The number of ether oxygens (including phenoxy) is 2. The number of amides is 1. The standard InChI is InChI=1S/C14H19NO4/c1-3-15(10-9-14(17)18-2)13(16)11-19-12-7-5-4-6-8-12/h4-8H,3,9-11H2,1-2H3. The van der Waals surface area contributed by atoms with Crippen LogP contribution in [0.25, 0.3) is 0 Å². The molecule has 0 unspecified atom stereocenters. The van der Waals surface area contributed by atoms with E-state index in [9.17, 15) is 9.59 Å². The number of hydrogen-bond acceptors (Lipinski definition) is 4. The third-order valence-corrected chi connectivity index (χ3v) is 2.65. The van der Waals surface area contributed by atoms with Crippen LogP contribution in [0.15, 0.2) is 30.3 Å². The topological polar surface area (TPSA) is 55.8 Å². The quantitative estimate of drug-likeness (QED) is 0.701. The Bertz CT molecular complexity index is 405. The van der Waals surface area contributed by atoms with Gasteiger partial charge in [-0.25, -0.2) is 0 Å². The smallest absolute Gasteiger partial charge is 0.307 e. The van der Waals surface area contributed by atoms with Gasteiger partial charge in [0, 0.05) is 13.1 Å². The maximum absolute atomic E-state index is 11.9. The predicted molar refractivity (Wildman–Crippen MR) is 70.8 cm³/mol. The number of rotatable bonds is 7. The summed E-state index contributed by atoms with van der Waals surface area (Å²) in [6.45, 7) is 2.71. The third-order valence-electron chi connectivity index (χ3n) is 2.65. The molecule has 0 spiro atoms. The van der Waals surface area contributed by atoms with Crippen molar-refractivity contribution in [1.29, 1.82) is 0 Å². The molecule has 0 aliphatic heterocycles. The van der Waals surface area contributed by atoms with Crippen LogP contribution in [0.1, 0.15) is 13.3 Å². The largest absolute Gasteiger partial charge is 0.484 e. The van der Waals surface area contributed by atoms with E-state index in [4.69, 9.17) is 4.74 Å². The first kappa shape index (κ1) is 15.0. The van der Waals surface area contributed by atoms with Gasteiger partial charge in [-0.1, -0.05) is 18.2 Å². The number of methoxy groups -OCH3 is 1. The molecule has 0 atom stereocenters. The molecule has 0 bridgehead atoms. The van der Waals surface area contributed by atoms with Gasteiger partial charge in [0.15, 0.2) is 6.61 Å². The highest BCUT2D eigenvalue weighted by atomic mass is 16.5. The molecule has 104 valence electrons. The van der Waals surface area contributed by atoms with E-state index in [2.05, 4.69) is 4.74 Å². The van der Waals surface area contributed by atoms with E-state index in [1.807, 2.05) is 25.1 Å². The van der Waals surface area contributed by atoms with Crippen LogP contribution in [0.2, 0.25) is 0 Å². The number of nitrogens with zero attached hydrogens (tertiary/aromatic N) is 1. The first-order chi connectivity index (χ1) is 9.17. The van der Waals surface area contributed by atoms with Crippen molar-refractivity contribution < 1.29 is 19.1 Å². The summed E-state index contributed by atoms with van der Waals surface area (Å²) in [5.74, 6) is 0.186. The van der Waals surface area contributed by atoms with Gasteiger partial charge in [-0.3, -0.25) is 9.59 Å². The number of hydrogen-bond donors (Lipinski definition) is 0. The SMILES string of the molecule is CCN(CCC(=O)OC)C(=O)COc1ccccc1. The van der Waals surface area contributed by atoms with Crippen molar-refractivity contribution in [2.24, 2.45) is 0 Å². The maximum atomic E-state index is 11.9. The summed E-state index contributed by atoms with van der Waals surface area (Å²) in [5, 5.41) is 0. The van der Waals surface area contributed by atoms with Gasteiger partial charge in [-0.2, -0.15) is 0 Å².